The van der Waals surface area contributed by atoms with Crippen LogP contribution in [0.1, 0.15) is 12.8 Å². The quantitative estimate of drug-likeness (QED) is 0.419. The van der Waals surface area contributed by atoms with Gasteiger partial charge in [0.1, 0.15) is 0 Å². The van der Waals surface area contributed by atoms with Crippen LogP contribution in [-0.4, -0.2) is 18.0 Å². The van der Waals surface area contributed by atoms with Crippen LogP contribution in [0.5, 0.6) is 0 Å². The van der Waals surface area contributed by atoms with Crippen molar-refractivity contribution in [1.29, 1.82) is 0 Å². The Morgan fingerprint density at radius 2 is 2.12 bits per heavy atom. The van der Waals surface area contributed by atoms with E-state index in [0.717, 1.165) is 5.92 Å². The predicted octanol–water partition coefficient (Wildman–Crippen LogP) is 1.03. The summed E-state index contributed by atoms with van der Waals surface area (Å²) in [7, 11) is 0. The molecule has 0 saturated carbocycles. The van der Waals surface area contributed by atoms with E-state index in [2.05, 4.69) is 17.2 Å². The van der Waals surface area contributed by atoms with Gasteiger partial charge in [-0.1, -0.05) is 0 Å². The number of hydrogen-bond donors (Lipinski definition) is 0. The number of allylic oxidation sites excluding steroid dienone is 1. The molecule has 1 nitrogen and oxygen atoms in total. The molecular formula is C7H10N+. The van der Waals surface area contributed by atoms with Gasteiger partial charge in [0.2, 0.25) is 0 Å². The smallest absolute Gasteiger partial charge is 0.174 e. The minimum absolute atomic E-state index is 0.875. The molecule has 3 heterocycles. The van der Waals surface area contributed by atoms with Crippen LogP contribution in [0.2, 0.25) is 0 Å². The van der Waals surface area contributed by atoms with E-state index in [9.17, 15) is 0 Å². The van der Waals surface area contributed by atoms with Crippen LogP contribution in [0.25, 0.3) is 0 Å². The molecule has 3 aliphatic rings. The molecule has 1 heteroatoms. The molecule has 3 aliphatic heterocycles. The molecule has 8 heavy (non-hydrogen) atoms. The molecule has 1 fully saturated rings. The van der Waals surface area contributed by atoms with Crippen LogP contribution >= 0.6 is 0 Å². The third-order valence-corrected chi connectivity index (χ3v) is 2.03. The first kappa shape index (κ1) is 4.34. The highest BCUT2D eigenvalue weighted by atomic mass is 15.1. The maximum absolute atomic E-state index is 3.23. The van der Waals surface area contributed by atoms with E-state index in [1.807, 2.05) is 0 Å². The van der Waals surface area contributed by atoms with Gasteiger partial charge in [0.05, 0.1) is 13.1 Å². The number of nitrogens with zero attached hydrogens (tertiary/aromatic N) is 1. The second-order valence-corrected chi connectivity index (χ2v) is 2.62. The van der Waals surface area contributed by atoms with Crippen molar-refractivity contribution in [1.82, 2.24) is 4.90 Å². The number of hydrogen-bond acceptors (Lipinski definition) is 1. The molecule has 0 aromatic rings. The molecule has 2 bridgehead atoms. The van der Waals surface area contributed by atoms with E-state index in [1.165, 1.54) is 25.9 Å². The molecule has 0 amide bonds. The average Bonchev–Trinajstić information content (AvgIpc) is 1.92. The Labute approximate surface area is 50.0 Å². The Morgan fingerprint density at radius 1 is 1.38 bits per heavy atom. The fourth-order valence-electron chi connectivity index (χ4n) is 1.41. The Hall–Kier alpha value is -0.550. The van der Waals surface area contributed by atoms with Crippen LogP contribution in [0.3, 0.4) is 0 Å². The Kier molecular flexibility index (Phi) is 0.793. The van der Waals surface area contributed by atoms with Crippen LogP contribution in [-0.2, 0) is 0 Å². The summed E-state index contributed by atoms with van der Waals surface area (Å²) in [6, 6.07) is 0. The molecule has 42 valence electrons. The molecule has 0 spiro atoms. The van der Waals surface area contributed by atoms with E-state index in [0.29, 0.717) is 0 Å². The minimum Gasteiger partial charge on any atom is -0.174 e. The molecule has 3 rings (SSSR count). The second kappa shape index (κ2) is 1.46. The van der Waals surface area contributed by atoms with Crippen molar-refractivity contribution in [3.05, 3.63) is 12.3 Å². The highest BCUT2D eigenvalue weighted by molar-refractivity contribution is 4.93. The lowest BCUT2D eigenvalue weighted by Gasteiger charge is -2.23. The number of rotatable bonds is 0. The van der Waals surface area contributed by atoms with Crippen molar-refractivity contribution in [2.24, 2.45) is 5.92 Å². The standard InChI is InChI=1S/C7H10N/c1-4-8-5-2-7(1)3-6-8/h1,7H,2-3,5-6H2/q+1. The van der Waals surface area contributed by atoms with E-state index in [4.69, 9.17) is 0 Å². The molecule has 0 N–H and O–H groups in total. The van der Waals surface area contributed by atoms with Gasteiger partial charge in [-0.25, -0.2) is 0 Å². The first-order chi connectivity index (χ1) is 3.95. The highest BCUT2D eigenvalue weighted by Crippen LogP contribution is 2.22. The van der Waals surface area contributed by atoms with Crippen molar-refractivity contribution >= 4 is 0 Å². The van der Waals surface area contributed by atoms with Gasteiger partial charge in [-0.3, -0.25) is 0 Å². The van der Waals surface area contributed by atoms with E-state index in [1.54, 1.807) is 0 Å². The lowest BCUT2D eigenvalue weighted by atomic mass is 9.94. The molecule has 1 saturated heterocycles. The monoisotopic (exact) mass is 108 g/mol. The van der Waals surface area contributed by atoms with Gasteiger partial charge in [-0.2, -0.15) is 4.90 Å². The van der Waals surface area contributed by atoms with Crippen molar-refractivity contribution in [2.75, 3.05) is 13.1 Å². The topological polar surface area (TPSA) is 3.24 Å². The molecule has 0 aromatic heterocycles. The Bertz CT molecular complexity index is 95.6. The lowest BCUT2D eigenvalue weighted by Crippen LogP contribution is -2.33. The molecular weight excluding hydrogens is 98.1 g/mol. The predicted molar refractivity (Wildman–Crippen MR) is 32.1 cm³/mol. The van der Waals surface area contributed by atoms with E-state index in [-0.39, 0.29) is 0 Å². The van der Waals surface area contributed by atoms with Crippen LogP contribution < -0.4 is 0 Å². The Morgan fingerprint density at radius 3 is 2.25 bits per heavy atom. The van der Waals surface area contributed by atoms with Crippen LogP contribution in [0.4, 0.5) is 0 Å². The summed E-state index contributed by atoms with van der Waals surface area (Å²) >= 11 is 0. The average molecular weight is 108 g/mol. The summed E-state index contributed by atoms with van der Waals surface area (Å²) in [6.45, 7) is 2.50. The first-order valence-corrected chi connectivity index (χ1v) is 3.29. The van der Waals surface area contributed by atoms with Crippen LogP contribution in [0, 0.1) is 12.1 Å². The van der Waals surface area contributed by atoms with Gasteiger partial charge >= 0.3 is 6.20 Å². The molecule has 0 aliphatic carbocycles. The molecule has 0 aromatic carbocycles. The van der Waals surface area contributed by atoms with Gasteiger partial charge in [0.25, 0.3) is 0 Å². The number of piperidine rings is 1. The third-order valence-electron chi connectivity index (χ3n) is 2.03. The second-order valence-electron chi connectivity index (χ2n) is 2.62. The minimum atomic E-state index is 0.875. The summed E-state index contributed by atoms with van der Waals surface area (Å²) in [5.74, 6) is 0.875. The lowest BCUT2D eigenvalue weighted by molar-refractivity contribution is 0.230. The maximum Gasteiger partial charge on any atom is 0.365 e. The summed E-state index contributed by atoms with van der Waals surface area (Å²) in [5.41, 5.74) is 0. The first-order valence-electron chi connectivity index (χ1n) is 3.29. The van der Waals surface area contributed by atoms with Crippen LogP contribution in [0.15, 0.2) is 6.08 Å². The SMILES string of the molecule is [C+]1=CC2CCN1CC2. The van der Waals surface area contributed by atoms with Gasteiger partial charge in [0, 0.05) is 5.92 Å². The van der Waals surface area contributed by atoms with Crippen molar-refractivity contribution in [2.45, 2.75) is 12.8 Å². The zero-order valence-electron chi connectivity index (χ0n) is 4.93. The van der Waals surface area contributed by atoms with Gasteiger partial charge in [0.15, 0.2) is 6.08 Å². The molecule has 0 atom stereocenters. The van der Waals surface area contributed by atoms with E-state index < -0.39 is 0 Å². The zero-order chi connectivity index (χ0) is 5.40. The molecule has 0 unspecified atom stereocenters. The number of fused-ring (bicyclic) bond motifs is 2. The van der Waals surface area contributed by atoms with Gasteiger partial charge < -0.3 is 0 Å². The van der Waals surface area contributed by atoms with Crippen molar-refractivity contribution in [3.63, 3.8) is 0 Å². The maximum atomic E-state index is 3.23. The summed E-state index contributed by atoms with van der Waals surface area (Å²) in [5, 5.41) is 0. The fourth-order valence-corrected chi connectivity index (χ4v) is 1.41. The van der Waals surface area contributed by atoms with Gasteiger partial charge in [-0.05, 0) is 12.8 Å². The normalized spacial score (nSPS) is 26.2. The summed E-state index contributed by atoms with van der Waals surface area (Å²) in [4.78, 5) is 2.28. The zero-order valence-corrected chi connectivity index (χ0v) is 4.93. The largest absolute Gasteiger partial charge is 0.365 e. The third kappa shape index (κ3) is 0.517. The Balaban J connectivity index is 2.20. The summed E-state index contributed by atoms with van der Waals surface area (Å²) < 4.78 is 0. The van der Waals surface area contributed by atoms with Gasteiger partial charge in [-0.15, -0.1) is 0 Å². The van der Waals surface area contributed by atoms with Crippen molar-refractivity contribution < 1.29 is 0 Å². The fraction of sp³-hybridized carbons (Fsp3) is 0.714. The van der Waals surface area contributed by atoms with Crippen molar-refractivity contribution in [3.8, 4) is 0 Å². The summed E-state index contributed by atoms with van der Waals surface area (Å²) in [6.07, 6.45) is 8.18. The molecule has 0 radical (unpaired) electrons. The highest BCUT2D eigenvalue weighted by Gasteiger charge is 2.29. The van der Waals surface area contributed by atoms with E-state index >= 15 is 0 Å².